The standard InChI is InChI=1S/C17H24N2O2/c1-2-6-15(7-3-1)17(16-13-20-9-10-21-16)19-12-14-5-4-8-18-11-14/h1-2,6,9-10,13-14,17-19H,3-5,7-8,11-12H2/t14?,17-/m1/s1. The van der Waals surface area contributed by atoms with Crippen LogP contribution in [0.4, 0.5) is 0 Å². The van der Waals surface area contributed by atoms with E-state index in [9.17, 15) is 0 Å². The van der Waals surface area contributed by atoms with E-state index in [2.05, 4.69) is 28.9 Å². The third-order valence-corrected chi connectivity index (χ3v) is 4.23. The van der Waals surface area contributed by atoms with Crippen molar-refractivity contribution in [3.05, 3.63) is 48.3 Å². The summed E-state index contributed by atoms with van der Waals surface area (Å²) in [4.78, 5) is 0. The predicted octanol–water partition coefficient (Wildman–Crippen LogP) is 2.58. The van der Waals surface area contributed by atoms with E-state index in [4.69, 9.17) is 9.47 Å². The van der Waals surface area contributed by atoms with Crippen LogP contribution in [0.1, 0.15) is 25.7 Å². The Labute approximate surface area is 126 Å². The van der Waals surface area contributed by atoms with Gasteiger partial charge in [0.1, 0.15) is 18.8 Å². The Morgan fingerprint density at radius 3 is 3.10 bits per heavy atom. The third-order valence-electron chi connectivity index (χ3n) is 4.23. The zero-order valence-corrected chi connectivity index (χ0v) is 12.4. The van der Waals surface area contributed by atoms with Crippen molar-refractivity contribution in [3.63, 3.8) is 0 Å². The number of nitrogens with one attached hydrogen (secondary N) is 2. The second-order valence-electron chi connectivity index (χ2n) is 5.81. The van der Waals surface area contributed by atoms with Gasteiger partial charge < -0.3 is 20.1 Å². The van der Waals surface area contributed by atoms with Gasteiger partial charge in [-0.1, -0.05) is 18.2 Å². The molecule has 0 bridgehead atoms. The summed E-state index contributed by atoms with van der Waals surface area (Å²) >= 11 is 0. The lowest BCUT2D eigenvalue weighted by atomic mass is 9.94. The molecule has 1 saturated heterocycles. The number of allylic oxidation sites excluding steroid dienone is 3. The van der Waals surface area contributed by atoms with Crippen molar-refractivity contribution < 1.29 is 9.47 Å². The molecule has 1 aliphatic carbocycles. The van der Waals surface area contributed by atoms with Gasteiger partial charge in [-0.3, -0.25) is 0 Å². The minimum Gasteiger partial charge on any atom is -0.466 e. The molecule has 114 valence electrons. The highest BCUT2D eigenvalue weighted by Gasteiger charge is 2.24. The van der Waals surface area contributed by atoms with Crippen molar-refractivity contribution >= 4 is 0 Å². The maximum absolute atomic E-state index is 5.65. The molecule has 0 radical (unpaired) electrons. The van der Waals surface area contributed by atoms with Gasteiger partial charge in [0.25, 0.3) is 0 Å². The molecule has 0 amide bonds. The first-order chi connectivity index (χ1) is 10.4. The minimum atomic E-state index is 0.113. The lowest BCUT2D eigenvalue weighted by Gasteiger charge is -2.29. The molecule has 4 nitrogen and oxygen atoms in total. The fraction of sp³-hybridized carbons (Fsp3) is 0.529. The van der Waals surface area contributed by atoms with Gasteiger partial charge in [0.2, 0.25) is 0 Å². The van der Waals surface area contributed by atoms with E-state index in [0.717, 1.165) is 38.2 Å². The maximum Gasteiger partial charge on any atom is 0.159 e. The van der Waals surface area contributed by atoms with Crippen LogP contribution in [-0.4, -0.2) is 25.7 Å². The summed E-state index contributed by atoms with van der Waals surface area (Å²) in [6.45, 7) is 3.26. The molecule has 0 aromatic rings. The van der Waals surface area contributed by atoms with Crippen LogP contribution in [-0.2, 0) is 9.47 Å². The Morgan fingerprint density at radius 2 is 2.38 bits per heavy atom. The van der Waals surface area contributed by atoms with Gasteiger partial charge in [0.05, 0.1) is 6.04 Å². The van der Waals surface area contributed by atoms with Crippen LogP contribution in [0.5, 0.6) is 0 Å². The van der Waals surface area contributed by atoms with E-state index in [1.807, 2.05) is 0 Å². The quantitative estimate of drug-likeness (QED) is 0.816. The molecule has 2 heterocycles. The molecule has 1 fully saturated rings. The van der Waals surface area contributed by atoms with Crippen LogP contribution in [0.25, 0.3) is 0 Å². The number of ether oxygens (including phenoxy) is 2. The molecular formula is C17H24N2O2. The van der Waals surface area contributed by atoms with Gasteiger partial charge >= 0.3 is 0 Å². The Balaban J connectivity index is 1.64. The molecular weight excluding hydrogens is 264 g/mol. The lowest BCUT2D eigenvalue weighted by molar-refractivity contribution is 0.228. The SMILES string of the molecule is C1=CCCC([C@@H](NCC2CCCNC2)C2=COC=CO2)=C1. The van der Waals surface area contributed by atoms with Crippen molar-refractivity contribution in [1.29, 1.82) is 0 Å². The molecule has 0 spiro atoms. The summed E-state index contributed by atoms with van der Waals surface area (Å²) in [6.07, 6.45) is 16.1. The van der Waals surface area contributed by atoms with Gasteiger partial charge in [-0.2, -0.15) is 0 Å². The van der Waals surface area contributed by atoms with E-state index in [1.54, 1.807) is 18.8 Å². The molecule has 3 aliphatic rings. The smallest absolute Gasteiger partial charge is 0.159 e. The average Bonchev–Trinajstić information content (AvgIpc) is 2.58. The molecule has 3 rings (SSSR count). The predicted molar refractivity (Wildman–Crippen MR) is 83.2 cm³/mol. The van der Waals surface area contributed by atoms with E-state index in [1.165, 1.54) is 18.4 Å². The highest BCUT2D eigenvalue weighted by molar-refractivity contribution is 5.29. The molecule has 2 atom stereocenters. The van der Waals surface area contributed by atoms with Crippen LogP contribution >= 0.6 is 0 Å². The summed E-state index contributed by atoms with van der Waals surface area (Å²) < 4.78 is 10.9. The van der Waals surface area contributed by atoms with Gasteiger partial charge in [-0.05, 0) is 50.3 Å². The van der Waals surface area contributed by atoms with Crippen LogP contribution in [0.15, 0.2) is 48.3 Å². The molecule has 0 aromatic carbocycles. The fourth-order valence-electron chi connectivity index (χ4n) is 3.07. The molecule has 0 aromatic heterocycles. The van der Waals surface area contributed by atoms with Crippen LogP contribution in [0.3, 0.4) is 0 Å². The van der Waals surface area contributed by atoms with Crippen molar-refractivity contribution in [2.45, 2.75) is 31.7 Å². The number of rotatable bonds is 5. The number of hydrogen-bond acceptors (Lipinski definition) is 4. The van der Waals surface area contributed by atoms with Crippen molar-refractivity contribution in [1.82, 2.24) is 10.6 Å². The molecule has 1 unspecified atom stereocenters. The maximum atomic E-state index is 5.65. The van der Waals surface area contributed by atoms with Crippen molar-refractivity contribution in [2.24, 2.45) is 5.92 Å². The molecule has 4 heteroatoms. The zero-order chi connectivity index (χ0) is 14.3. The van der Waals surface area contributed by atoms with Gasteiger partial charge in [0.15, 0.2) is 5.76 Å². The van der Waals surface area contributed by atoms with Crippen LogP contribution in [0.2, 0.25) is 0 Å². The third kappa shape index (κ3) is 3.99. The van der Waals surface area contributed by atoms with Gasteiger partial charge in [-0.25, -0.2) is 0 Å². The summed E-state index contributed by atoms with van der Waals surface area (Å²) in [5.41, 5.74) is 1.37. The Bertz CT molecular complexity index is 459. The van der Waals surface area contributed by atoms with E-state index in [-0.39, 0.29) is 6.04 Å². The first-order valence-corrected chi connectivity index (χ1v) is 7.90. The summed E-state index contributed by atoms with van der Waals surface area (Å²) in [7, 11) is 0. The highest BCUT2D eigenvalue weighted by atomic mass is 16.5. The van der Waals surface area contributed by atoms with E-state index in [0.29, 0.717) is 5.92 Å². The summed E-state index contributed by atoms with van der Waals surface area (Å²) in [5, 5.41) is 7.15. The highest BCUT2D eigenvalue weighted by Crippen LogP contribution is 2.24. The lowest BCUT2D eigenvalue weighted by Crippen LogP contribution is -2.41. The molecule has 2 N–H and O–H groups in total. The Hall–Kier alpha value is -1.52. The summed E-state index contributed by atoms with van der Waals surface area (Å²) in [6, 6.07) is 0.113. The topological polar surface area (TPSA) is 42.5 Å². The second kappa shape index (κ2) is 7.48. The van der Waals surface area contributed by atoms with Crippen molar-refractivity contribution in [3.8, 4) is 0 Å². The number of hydrogen-bond donors (Lipinski definition) is 2. The minimum absolute atomic E-state index is 0.113. The van der Waals surface area contributed by atoms with Gasteiger partial charge in [0, 0.05) is 6.54 Å². The van der Waals surface area contributed by atoms with Crippen LogP contribution in [0, 0.1) is 5.92 Å². The zero-order valence-electron chi connectivity index (χ0n) is 12.4. The first kappa shape index (κ1) is 14.4. The largest absolute Gasteiger partial charge is 0.466 e. The van der Waals surface area contributed by atoms with E-state index >= 15 is 0 Å². The monoisotopic (exact) mass is 288 g/mol. The summed E-state index contributed by atoms with van der Waals surface area (Å²) in [5.74, 6) is 1.55. The van der Waals surface area contributed by atoms with Crippen molar-refractivity contribution in [2.75, 3.05) is 19.6 Å². The first-order valence-electron chi connectivity index (χ1n) is 7.90. The van der Waals surface area contributed by atoms with E-state index < -0.39 is 0 Å². The second-order valence-corrected chi connectivity index (χ2v) is 5.81. The fourth-order valence-corrected chi connectivity index (χ4v) is 3.07. The Morgan fingerprint density at radius 1 is 1.38 bits per heavy atom. The molecule has 0 saturated carbocycles. The Kier molecular flexibility index (Phi) is 5.13. The van der Waals surface area contributed by atoms with Gasteiger partial charge in [-0.15, -0.1) is 0 Å². The van der Waals surface area contributed by atoms with Crippen LogP contribution < -0.4 is 10.6 Å². The molecule has 21 heavy (non-hydrogen) atoms. The molecule has 2 aliphatic heterocycles. The number of piperidine rings is 1. The average molecular weight is 288 g/mol. The normalized spacial score (nSPS) is 26.4.